The maximum atomic E-state index is 12.0. The zero-order valence-electron chi connectivity index (χ0n) is 14.2. The number of carbonyl (C=O) groups excluding carboxylic acids is 1. The molecule has 24 heavy (non-hydrogen) atoms. The number of aromatic amines is 1. The maximum Gasteiger partial charge on any atom is 0.267 e. The summed E-state index contributed by atoms with van der Waals surface area (Å²) in [4.78, 5) is 26.2. The fourth-order valence-corrected chi connectivity index (χ4v) is 3.19. The summed E-state index contributed by atoms with van der Waals surface area (Å²) >= 11 is 0. The van der Waals surface area contributed by atoms with Crippen LogP contribution in [0.1, 0.15) is 41.8 Å². The van der Waals surface area contributed by atoms with E-state index in [2.05, 4.69) is 32.1 Å². The summed E-state index contributed by atoms with van der Waals surface area (Å²) in [5.41, 5.74) is 1.70. The minimum atomic E-state index is -0.0273. The number of hydrogen-bond acceptors (Lipinski definition) is 4. The van der Waals surface area contributed by atoms with Crippen molar-refractivity contribution in [3.8, 4) is 0 Å². The first kappa shape index (κ1) is 16.6. The molecule has 1 saturated heterocycles. The molecule has 128 valence electrons. The summed E-state index contributed by atoms with van der Waals surface area (Å²) in [5, 5.41) is 3.03. The van der Waals surface area contributed by atoms with Crippen molar-refractivity contribution in [1.82, 2.24) is 25.2 Å². The summed E-state index contributed by atoms with van der Waals surface area (Å²) in [6, 6.07) is 5.63. The monoisotopic (exact) mass is 327 g/mol. The van der Waals surface area contributed by atoms with Gasteiger partial charge in [-0.15, -0.1) is 0 Å². The summed E-state index contributed by atoms with van der Waals surface area (Å²) in [5.74, 6) is 1.37. The summed E-state index contributed by atoms with van der Waals surface area (Å²) in [6.45, 7) is 5.74. The van der Waals surface area contributed by atoms with Gasteiger partial charge in [-0.05, 0) is 43.5 Å². The Balaban J connectivity index is 1.49. The second-order valence-electron chi connectivity index (χ2n) is 6.35. The lowest BCUT2D eigenvalue weighted by Crippen LogP contribution is -2.40. The standard InChI is InChI=1S/C18H25N5O/c1-2-17-20-9-7-15(22-17)13-23-10-4-5-14(12-23)11-21-18(24)16-6-3-8-19-16/h3,6-9,14,19H,2,4-5,10-13H2,1H3,(H,21,24). The van der Waals surface area contributed by atoms with Gasteiger partial charge in [-0.25, -0.2) is 9.97 Å². The van der Waals surface area contributed by atoms with Crippen molar-refractivity contribution in [3.63, 3.8) is 0 Å². The van der Waals surface area contributed by atoms with Gasteiger partial charge in [0.2, 0.25) is 0 Å². The van der Waals surface area contributed by atoms with Gasteiger partial charge in [-0.2, -0.15) is 0 Å². The maximum absolute atomic E-state index is 12.0. The highest BCUT2D eigenvalue weighted by Gasteiger charge is 2.21. The van der Waals surface area contributed by atoms with Gasteiger partial charge < -0.3 is 10.3 Å². The number of nitrogens with zero attached hydrogens (tertiary/aromatic N) is 3. The van der Waals surface area contributed by atoms with Crippen LogP contribution in [-0.2, 0) is 13.0 Å². The molecule has 0 aromatic carbocycles. The number of hydrogen-bond donors (Lipinski definition) is 2. The van der Waals surface area contributed by atoms with Crippen LogP contribution >= 0.6 is 0 Å². The predicted octanol–water partition coefficient (Wildman–Crippen LogP) is 2.01. The van der Waals surface area contributed by atoms with E-state index >= 15 is 0 Å². The van der Waals surface area contributed by atoms with Gasteiger partial charge in [0.1, 0.15) is 11.5 Å². The predicted molar refractivity (Wildman–Crippen MR) is 92.5 cm³/mol. The normalized spacial score (nSPS) is 18.5. The number of aryl methyl sites for hydroxylation is 1. The van der Waals surface area contributed by atoms with Crippen LogP contribution in [0.4, 0.5) is 0 Å². The molecule has 1 atom stereocenters. The molecule has 0 spiro atoms. The van der Waals surface area contributed by atoms with Gasteiger partial charge in [-0.1, -0.05) is 6.92 Å². The smallest absolute Gasteiger partial charge is 0.267 e. The average Bonchev–Trinajstić information content (AvgIpc) is 3.15. The number of likely N-dealkylation sites (tertiary alicyclic amines) is 1. The molecule has 1 unspecified atom stereocenters. The molecule has 6 nitrogen and oxygen atoms in total. The number of rotatable bonds is 6. The molecule has 3 heterocycles. The molecular formula is C18H25N5O. The van der Waals surface area contributed by atoms with Crippen LogP contribution in [0.15, 0.2) is 30.6 Å². The van der Waals surface area contributed by atoms with Crippen LogP contribution in [0, 0.1) is 5.92 Å². The molecule has 0 bridgehead atoms. The lowest BCUT2D eigenvalue weighted by molar-refractivity contribution is 0.0926. The molecule has 3 rings (SSSR count). The molecule has 6 heteroatoms. The fraction of sp³-hybridized carbons (Fsp3) is 0.500. The number of H-pyrrole nitrogens is 1. The van der Waals surface area contributed by atoms with E-state index in [0.717, 1.165) is 57.0 Å². The summed E-state index contributed by atoms with van der Waals surface area (Å²) in [7, 11) is 0. The topological polar surface area (TPSA) is 73.9 Å². The van der Waals surface area contributed by atoms with E-state index in [1.54, 1.807) is 12.3 Å². The van der Waals surface area contributed by atoms with Gasteiger partial charge in [0.25, 0.3) is 5.91 Å². The largest absolute Gasteiger partial charge is 0.357 e. The second kappa shape index (κ2) is 8.06. The average molecular weight is 327 g/mol. The van der Waals surface area contributed by atoms with Gasteiger partial charge in [-0.3, -0.25) is 9.69 Å². The highest BCUT2D eigenvalue weighted by Crippen LogP contribution is 2.17. The zero-order valence-corrected chi connectivity index (χ0v) is 14.2. The van der Waals surface area contributed by atoms with Crippen molar-refractivity contribution < 1.29 is 4.79 Å². The van der Waals surface area contributed by atoms with E-state index in [1.165, 1.54) is 0 Å². The molecule has 0 radical (unpaired) electrons. The van der Waals surface area contributed by atoms with Crippen molar-refractivity contribution in [3.05, 3.63) is 47.8 Å². The third-order valence-corrected chi connectivity index (χ3v) is 4.46. The molecule has 1 amide bonds. The van der Waals surface area contributed by atoms with E-state index in [4.69, 9.17) is 0 Å². The van der Waals surface area contributed by atoms with Crippen molar-refractivity contribution in [2.45, 2.75) is 32.7 Å². The SMILES string of the molecule is CCc1nccc(CN2CCCC(CNC(=O)c3ccc[nH]3)C2)n1. The Morgan fingerprint density at radius 2 is 2.38 bits per heavy atom. The van der Waals surface area contributed by atoms with E-state index in [0.29, 0.717) is 11.6 Å². The lowest BCUT2D eigenvalue weighted by Gasteiger charge is -2.32. The molecule has 1 fully saturated rings. The summed E-state index contributed by atoms with van der Waals surface area (Å²) < 4.78 is 0. The number of amides is 1. The Kier molecular flexibility index (Phi) is 5.59. The van der Waals surface area contributed by atoms with Gasteiger partial charge in [0, 0.05) is 38.4 Å². The molecular weight excluding hydrogens is 302 g/mol. The van der Waals surface area contributed by atoms with Crippen LogP contribution in [0.3, 0.4) is 0 Å². The van der Waals surface area contributed by atoms with Gasteiger partial charge in [0.05, 0.1) is 5.69 Å². The Morgan fingerprint density at radius 1 is 1.46 bits per heavy atom. The quantitative estimate of drug-likeness (QED) is 0.851. The first-order chi connectivity index (χ1) is 11.7. The van der Waals surface area contributed by atoms with Crippen LogP contribution in [-0.4, -0.2) is 45.4 Å². The van der Waals surface area contributed by atoms with Crippen molar-refractivity contribution in [1.29, 1.82) is 0 Å². The van der Waals surface area contributed by atoms with E-state index < -0.39 is 0 Å². The van der Waals surface area contributed by atoms with Crippen LogP contribution in [0.25, 0.3) is 0 Å². The van der Waals surface area contributed by atoms with E-state index in [1.807, 2.05) is 18.3 Å². The number of aromatic nitrogens is 3. The molecule has 1 aliphatic rings. The minimum Gasteiger partial charge on any atom is -0.357 e. The van der Waals surface area contributed by atoms with Crippen molar-refractivity contribution >= 4 is 5.91 Å². The molecule has 2 N–H and O–H groups in total. The molecule has 1 aliphatic heterocycles. The highest BCUT2D eigenvalue weighted by atomic mass is 16.1. The Bertz CT molecular complexity index is 655. The molecule has 2 aromatic rings. The first-order valence-electron chi connectivity index (χ1n) is 8.69. The third-order valence-electron chi connectivity index (χ3n) is 4.46. The number of carbonyl (C=O) groups is 1. The van der Waals surface area contributed by atoms with Crippen molar-refractivity contribution in [2.24, 2.45) is 5.92 Å². The second-order valence-corrected chi connectivity index (χ2v) is 6.35. The molecule has 0 saturated carbocycles. The molecule has 0 aliphatic carbocycles. The van der Waals surface area contributed by atoms with Crippen LogP contribution in [0.2, 0.25) is 0 Å². The van der Waals surface area contributed by atoms with Crippen LogP contribution in [0.5, 0.6) is 0 Å². The van der Waals surface area contributed by atoms with E-state index in [-0.39, 0.29) is 5.91 Å². The van der Waals surface area contributed by atoms with Gasteiger partial charge in [0.15, 0.2) is 0 Å². The minimum absolute atomic E-state index is 0.0273. The van der Waals surface area contributed by atoms with Crippen LogP contribution < -0.4 is 5.32 Å². The lowest BCUT2D eigenvalue weighted by atomic mass is 9.98. The third kappa shape index (κ3) is 4.41. The Labute approximate surface area is 142 Å². The fourth-order valence-electron chi connectivity index (χ4n) is 3.19. The summed E-state index contributed by atoms with van der Waals surface area (Å²) in [6.07, 6.45) is 6.80. The number of piperidine rings is 1. The Morgan fingerprint density at radius 3 is 3.17 bits per heavy atom. The van der Waals surface area contributed by atoms with E-state index in [9.17, 15) is 4.79 Å². The zero-order chi connectivity index (χ0) is 16.8. The highest BCUT2D eigenvalue weighted by molar-refractivity contribution is 5.92. The van der Waals surface area contributed by atoms with Crippen molar-refractivity contribution in [2.75, 3.05) is 19.6 Å². The molecule has 2 aromatic heterocycles. The first-order valence-corrected chi connectivity index (χ1v) is 8.69. The van der Waals surface area contributed by atoms with Gasteiger partial charge >= 0.3 is 0 Å². The Hall–Kier alpha value is -2.21. The number of nitrogens with one attached hydrogen (secondary N) is 2.